The molecule has 3 N–H and O–H groups in total. The van der Waals surface area contributed by atoms with Crippen LogP contribution in [0.15, 0.2) is 12.1 Å². The molecule has 2 atom stereocenters. The quantitative estimate of drug-likeness (QED) is 0.669. The Balaban J connectivity index is 1.59. The van der Waals surface area contributed by atoms with E-state index in [0.717, 1.165) is 25.9 Å². The molecular weight excluding hydrogens is 372 g/mol. The SMILES string of the molecule is O=C(NC[C@@H]1CCN(CCCO)C[C@H]1O)c1cc(Cl)cc2c1OCCCO2. The second-order valence-corrected chi connectivity index (χ2v) is 7.47. The summed E-state index contributed by atoms with van der Waals surface area (Å²) in [6.07, 6.45) is 1.73. The van der Waals surface area contributed by atoms with Gasteiger partial charge in [0, 0.05) is 49.7 Å². The van der Waals surface area contributed by atoms with E-state index in [1.807, 2.05) is 0 Å². The largest absolute Gasteiger partial charge is 0.489 e. The molecule has 2 aliphatic heterocycles. The summed E-state index contributed by atoms with van der Waals surface area (Å²) in [6, 6.07) is 3.24. The number of amides is 1. The predicted molar refractivity (Wildman–Crippen MR) is 102 cm³/mol. The average molecular weight is 399 g/mol. The molecule has 7 nitrogen and oxygen atoms in total. The van der Waals surface area contributed by atoms with E-state index in [9.17, 15) is 9.90 Å². The zero-order chi connectivity index (χ0) is 19.2. The molecule has 2 aliphatic rings. The highest BCUT2D eigenvalue weighted by molar-refractivity contribution is 6.31. The van der Waals surface area contributed by atoms with Gasteiger partial charge in [-0.25, -0.2) is 0 Å². The van der Waals surface area contributed by atoms with E-state index in [0.29, 0.717) is 54.8 Å². The Morgan fingerprint density at radius 3 is 2.93 bits per heavy atom. The second kappa shape index (κ2) is 9.59. The number of carbonyl (C=O) groups excluding carboxylic acids is 1. The van der Waals surface area contributed by atoms with Gasteiger partial charge in [0.15, 0.2) is 11.5 Å². The molecular formula is C19H27ClN2O5. The van der Waals surface area contributed by atoms with Crippen LogP contribution in [0, 0.1) is 5.92 Å². The minimum Gasteiger partial charge on any atom is -0.489 e. The van der Waals surface area contributed by atoms with Gasteiger partial charge in [0.1, 0.15) is 0 Å². The molecule has 1 aromatic rings. The van der Waals surface area contributed by atoms with Crippen LogP contribution in [0.1, 0.15) is 29.6 Å². The predicted octanol–water partition coefficient (Wildman–Crippen LogP) is 1.30. The van der Waals surface area contributed by atoms with E-state index in [2.05, 4.69) is 10.2 Å². The van der Waals surface area contributed by atoms with Crippen molar-refractivity contribution in [3.63, 3.8) is 0 Å². The molecule has 0 saturated carbocycles. The highest BCUT2D eigenvalue weighted by Gasteiger charge is 2.28. The van der Waals surface area contributed by atoms with Crippen molar-refractivity contribution in [3.05, 3.63) is 22.7 Å². The van der Waals surface area contributed by atoms with Gasteiger partial charge in [0.05, 0.1) is 24.9 Å². The molecule has 1 amide bonds. The number of ether oxygens (including phenoxy) is 2. The molecule has 1 aromatic carbocycles. The standard InChI is InChI=1S/C19H27ClN2O5/c20-14-9-15(18-17(10-14)26-7-2-8-27-18)19(25)21-11-13-3-5-22(4-1-6-23)12-16(13)24/h9-10,13,16,23-24H,1-8,11-12H2,(H,21,25)/t13-,16+/m0/s1. The minimum absolute atomic E-state index is 0.00529. The second-order valence-electron chi connectivity index (χ2n) is 7.03. The zero-order valence-corrected chi connectivity index (χ0v) is 16.1. The van der Waals surface area contributed by atoms with Crippen molar-refractivity contribution in [2.24, 2.45) is 5.92 Å². The number of aliphatic hydroxyl groups is 2. The number of fused-ring (bicyclic) bond motifs is 1. The number of nitrogens with one attached hydrogen (secondary N) is 1. The first-order valence-corrected chi connectivity index (χ1v) is 9.85. The van der Waals surface area contributed by atoms with Crippen LogP contribution in [0.2, 0.25) is 5.02 Å². The zero-order valence-electron chi connectivity index (χ0n) is 15.3. The third-order valence-electron chi connectivity index (χ3n) is 5.02. The maximum Gasteiger partial charge on any atom is 0.255 e. The summed E-state index contributed by atoms with van der Waals surface area (Å²) in [4.78, 5) is 14.9. The molecule has 1 saturated heterocycles. The highest BCUT2D eigenvalue weighted by atomic mass is 35.5. The third kappa shape index (κ3) is 5.25. The molecule has 0 spiro atoms. The van der Waals surface area contributed by atoms with E-state index < -0.39 is 6.10 Å². The number of β-amino-alcohol motifs (C(OH)–C–C–N with tert-alkyl or cyclic N) is 1. The first-order chi connectivity index (χ1) is 13.1. The summed E-state index contributed by atoms with van der Waals surface area (Å²) in [5.41, 5.74) is 0.356. The number of benzene rings is 1. The van der Waals surface area contributed by atoms with Crippen LogP contribution in [-0.4, -0.2) is 73.1 Å². The van der Waals surface area contributed by atoms with Gasteiger partial charge in [-0.05, 0) is 25.5 Å². The monoisotopic (exact) mass is 398 g/mol. The van der Waals surface area contributed by atoms with Crippen LogP contribution < -0.4 is 14.8 Å². The summed E-state index contributed by atoms with van der Waals surface area (Å²) in [5, 5.41) is 22.6. The topological polar surface area (TPSA) is 91.3 Å². The van der Waals surface area contributed by atoms with Gasteiger partial charge >= 0.3 is 0 Å². The lowest BCUT2D eigenvalue weighted by Gasteiger charge is -2.36. The Kier molecular flexibility index (Phi) is 7.18. The van der Waals surface area contributed by atoms with Crippen molar-refractivity contribution in [1.82, 2.24) is 10.2 Å². The lowest BCUT2D eigenvalue weighted by atomic mass is 9.93. The summed E-state index contributed by atoms with van der Waals surface area (Å²) in [7, 11) is 0. The Labute approximate surface area is 164 Å². The molecule has 1 fully saturated rings. The van der Waals surface area contributed by atoms with Gasteiger partial charge in [-0.3, -0.25) is 4.79 Å². The molecule has 8 heteroatoms. The fourth-order valence-corrected chi connectivity index (χ4v) is 3.72. The molecule has 3 rings (SSSR count). The van der Waals surface area contributed by atoms with Crippen LogP contribution in [0.3, 0.4) is 0 Å². The molecule has 150 valence electrons. The van der Waals surface area contributed by atoms with E-state index in [1.54, 1.807) is 12.1 Å². The van der Waals surface area contributed by atoms with Gasteiger partial charge < -0.3 is 29.9 Å². The number of aliphatic hydroxyl groups excluding tert-OH is 2. The van der Waals surface area contributed by atoms with Gasteiger partial charge in [-0.2, -0.15) is 0 Å². The summed E-state index contributed by atoms with van der Waals surface area (Å²) in [6.45, 7) is 3.73. The number of rotatable bonds is 6. The van der Waals surface area contributed by atoms with Crippen LogP contribution in [0.25, 0.3) is 0 Å². The van der Waals surface area contributed by atoms with Crippen molar-refractivity contribution in [2.75, 3.05) is 46.0 Å². The first-order valence-electron chi connectivity index (χ1n) is 9.47. The fourth-order valence-electron chi connectivity index (χ4n) is 3.51. The minimum atomic E-state index is -0.506. The van der Waals surface area contributed by atoms with Crippen LogP contribution in [0.5, 0.6) is 11.5 Å². The van der Waals surface area contributed by atoms with Crippen molar-refractivity contribution in [3.8, 4) is 11.5 Å². The summed E-state index contributed by atoms with van der Waals surface area (Å²) < 4.78 is 11.3. The summed E-state index contributed by atoms with van der Waals surface area (Å²) in [5.74, 6) is 0.625. The molecule has 2 heterocycles. The summed E-state index contributed by atoms with van der Waals surface area (Å²) >= 11 is 6.13. The Bertz CT molecular complexity index is 657. The number of likely N-dealkylation sites (tertiary alicyclic amines) is 1. The van der Waals surface area contributed by atoms with Gasteiger partial charge in [0.2, 0.25) is 0 Å². The number of hydrogen-bond donors (Lipinski definition) is 3. The van der Waals surface area contributed by atoms with Crippen LogP contribution >= 0.6 is 11.6 Å². The van der Waals surface area contributed by atoms with Gasteiger partial charge in [-0.15, -0.1) is 0 Å². The molecule has 27 heavy (non-hydrogen) atoms. The Morgan fingerprint density at radius 2 is 2.15 bits per heavy atom. The number of hydrogen-bond acceptors (Lipinski definition) is 6. The molecule has 0 radical (unpaired) electrons. The van der Waals surface area contributed by atoms with Crippen molar-refractivity contribution >= 4 is 17.5 Å². The normalized spacial score (nSPS) is 22.9. The van der Waals surface area contributed by atoms with E-state index in [1.165, 1.54) is 0 Å². The Morgan fingerprint density at radius 1 is 1.33 bits per heavy atom. The average Bonchev–Trinajstić information content (AvgIpc) is 2.90. The van der Waals surface area contributed by atoms with E-state index >= 15 is 0 Å². The van der Waals surface area contributed by atoms with Crippen molar-refractivity contribution in [2.45, 2.75) is 25.4 Å². The van der Waals surface area contributed by atoms with Gasteiger partial charge in [0.25, 0.3) is 5.91 Å². The Hall–Kier alpha value is -1.54. The number of halogens is 1. The maximum atomic E-state index is 12.7. The molecule has 0 unspecified atom stereocenters. The third-order valence-corrected chi connectivity index (χ3v) is 5.24. The first kappa shape index (κ1) is 20.2. The fraction of sp³-hybridized carbons (Fsp3) is 0.632. The van der Waals surface area contributed by atoms with E-state index in [4.69, 9.17) is 26.2 Å². The van der Waals surface area contributed by atoms with Crippen LogP contribution in [0.4, 0.5) is 0 Å². The number of nitrogens with zero attached hydrogens (tertiary/aromatic N) is 1. The lowest BCUT2D eigenvalue weighted by Crippen LogP contribution is -2.47. The van der Waals surface area contributed by atoms with Crippen molar-refractivity contribution < 1.29 is 24.5 Å². The van der Waals surface area contributed by atoms with E-state index in [-0.39, 0.29) is 18.4 Å². The maximum absolute atomic E-state index is 12.7. The molecule has 0 aliphatic carbocycles. The number of piperidine rings is 1. The highest BCUT2D eigenvalue weighted by Crippen LogP contribution is 2.36. The smallest absolute Gasteiger partial charge is 0.255 e. The molecule has 0 bridgehead atoms. The number of carbonyl (C=O) groups is 1. The van der Waals surface area contributed by atoms with Gasteiger partial charge in [-0.1, -0.05) is 11.6 Å². The lowest BCUT2D eigenvalue weighted by molar-refractivity contribution is 0.0201. The molecule has 0 aromatic heterocycles. The van der Waals surface area contributed by atoms with Crippen LogP contribution in [-0.2, 0) is 0 Å². The van der Waals surface area contributed by atoms with Crippen molar-refractivity contribution in [1.29, 1.82) is 0 Å².